The molecular weight excluding hydrogens is 296 g/mol. The minimum Gasteiger partial charge on any atom is -0.444 e. The Morgan fingerprint density at radius 1 is 1.17 bits per heavy atom. The van der Waals surface area contributed by atoms with Crippen molar-refractivity contribution in [3.8, 4) is 0 Å². The van der Waals surface area contributed by atoms with Crippen LogP contribution in [0.1, 0.15) is 43.1 Å². The van der Waals surface area contributed by atoms with Crippen LogP contribution >= 0.6 is 0 Å². The summed E-state index contributed by atoms with van der Waals surface area (Å²) in [5, 5.41) is 3.90. The van der Waals surface area contributed by atoms with Gasteiger partial charge in [-0.15, -0.1) is 0 Å². The van der Waals surface area contributed by atoms with Gasteiger partial charge in [0.05, 0.1) is 7.11 Å². The van der Waals surface area contributed by atoms with Crippen molar-refractivity contribution in [3.63, 3.8) is 0 Å². The third kappa shape index (κ3) is 7.15. The van der Waals surface area contributed by atoms with Crippen LogP contribution < -0.4 is 5.32 Å². The van der Waals surface area contributed by atoms with Crippen molar-refractivity contribution in [2.75, 3.05) is 20.7 Å². The van der Waals surface area contributed by atoms with Crippen molar-refractivity contribution in [2.45, 2.75) is 39.2 Å². The van der Waals surface area contributed by atoms with Crippen molar-refractivity contribution in [1.82, 2.24) is 10.4 Å². The van der Waals surface area contributed by atoms with Gasteiger partial charge in [0.2, 0.25) is 0 Å². The Morgan fingerprint density at radius 3 is 2.30 bits per heavy atom. The number of benzene rings is 1. The molecule has 0 aliphatic rings. The fourth-order valence-electron chi connectivity index (χ4n) is 1.88. The van der Waals surface area contributed by atoms with E-state index in [9.17, 15) is 9.59 Å². The number of aryl methyl sites for hydroxylation is 1. The Morgan fingerprint density at radius 2 is 1.78 bits per heavy atom. The number of hydrogen-bond acceptors (Lipinski definition) is 4. The normalized spacial score (nSPS) is 11.0. The van der Waals surface area contributed by atoms with Crippen LogP contribution in [0.15, 0.2) is 24.3 Å². The van der Waals surface area contributed by atoms with E-state index in [0.29, 0.717) is 12.1 Å². The monoisotopic (exact) mass is 322 g/mol. The molecule has 1 aromatic carbocycles. The summed E-state index contributed by atoms with van der Waals surface area (Å²) in [4.78, 5) is 28.2. The molecule has 0 bridgehead atoms. The second kappa shape index (κ2) is 8.53. The minimum atomic E-state index is -0.484. The summed E-state index contributed by atoms with van der Waals surface area (Å²) in [7, 11) is 3.02. The van der Waals surface area contributed by atoms with Gasteiger partial charge in [0.25, 0.3) is 5.91 Å². The van der Waals surface area contributed by atoms with Crippen LogP contribution in [0.2, 0.25) is 0 Å². The maximum Gasteiger partial charge on any atom is 0.407 e. The lowest BCUT2D eigenvalue weighted by molar-refractivity contribution is -0.0757. The first-order chi connectivity index (χ1) is 10.7. The predicted octanol–water partition coefficient (Wildman–Crippen LogP) is 2.78. The van der Waals surface area contributed by atoms with E-state index in [1.807, 2.05) is 32.9 Å². The lowest BCUT2D eigenvalue weighted by Crippen LogP contribution is -2.33. The average molecular weight is 322 g/mol. The Labute approximate surface area is 137 Å². The molecular formula is C17H26N2O4. The molecule has 0 unspecified atom stereocenters. The molecule has 0 saturated carbocycles. The Kier molecular flexibility index (Phi) is 7.03. The molecule has 23 heavy (non-hydrogen) atoms. The third-order valence-electron chi connectivity index (χ3n) is 3.07. The van der Waals surface area contributed by atoms with Crippen molar-refractivity contribution < 1.29 is 19.2 Å². The predicted molar refractivity (Wildman–Crippen MR) is 88.1 cm³/mol. The summed E-state index contributed by atoms with van der Waals surface area (Å²) in [6.07, 6.45) is 1.20. The summed E-state index contributed by atoms with van der Waals surface area (Å²) in [6.45, 7) is 6.03. The molecule has 1 aromatic rings. The number of nitrogens with one attached hydrogen (secondary N) is 1. The van der Waals surface area contributed by atoms with Gasteiger partial charge in [-0.3, -0.25) is 9.63 Å². The number of carbonyl (C=O) groups is 2. The van der Waals surface area contributed by atoms with Crippen LogP contribution in [0.4, 0.5) is 4.79 Å². The molecule has 1 N–H and O–H groups in total. The number of amides is 2. The molecule has 0 fully saturated rings. The van der Waals surface area contributed by atoms with Crippen LogP contribution in [0, 0.1) is 0 Å². The van der Waals surface area contributed by atoms with Crippen molar-refractivity contribution in [2.24, 2.45) is 0 Å². The topological polar surface area (TPSA) is 67.9 Å². The molecule has 0 saturated heterocycles. The first-order valence-electron chi connectivity index (χ1n) is 7.61. The number of alkyl carbamates (subject to hydrolysis) is 1. The first kappa shape index (κ1) is 19.0. The summed E-state index contributed by atoms with van der Waals surface area (Å²) in [5.74, 6) is -0.189. The largest absolute Gasteiger partial charge is 0.444 e. The Hall–Kier alpha value is -2.08. The smallest absolute Gasteiger partial charge is 0.407 e. The number of nitrogens with zero attached hydrogens (tertiary/aromatic N) is 1. The molecule has 0 radical (unpaired) electrons. The lowest BCUT2D eigenvalue weighted by atomic mass is 10.1. The highest BCUT2D eigenvalue weighted by atomic mass is 16.7. The maximum atomic E-state index is 11.9. The molecule has 0 heterocycles. The van der Waals surface area contributed by atoms with E-state index in [1.54, 1.807) is 19.2 Å². The molecule has 2 amide bonds. The zero-order valence-electron chi connectivity index (χ0n) is 14.5. The maximum absolute atomic E-state index is 11.9. The highest BCUT2D eigenvalue weighted by Gasteiger charge is 2.15. The Balaban J connectivity index is 2.36. The molecule has 0 atom stereocenters. The summed E-state index contributed by atoms with van der Waals surface area (Å²) < 4.78 is 5.16. The molecule has 1 rings (SSSR count). The van der Waals surface area contributed by atoms with Crippen LogP contribution in [-0.2, 0) is 16.0 Å². The molecule has 0 aromatic heterocycles. The number of rotatable bonds is 6. The molecule has 0 spiro atoms. The highest BCUT2D eigenvalue weighted by molar-refractivity contribution is 5.93. The van der Waals surface area contributed by atoms with Gasteiger partial charge < -0.3 is 10.1 Å². The van der Waals surface area contributed by atoms with Gasteiger partial charge in [-0.2, -0.15) is 0 Å². The lowest BCUT2D eigenvalue weighted by Gasteiger charge is -2.19. The summed E-state index contributed by atoms with van der Waals surface area (Å²) >= 11 is 0. The average Bonchev–Trinajstić information content (AvgIpc) is 2.49. The first-order valence-corrected chi connectivity index (χ1v) is 7.61. The Bertz CT molecular complexity index is 520. The quantitative estimate of drug-likeness (QED) is 0.646. The molecule has 128 valence electrons. The zero-order valence-corrected chi connectivity index (χ0v) is 14.5. The van der Waals surface area contributed by atoms with Crippen LogP contribution in [0.5, 0.6) is 0 Å². The second-order valence-electron chi connectivity index (χ2n) is 6.21. The number of hydroxylamine groups is 2. The number of hydrogen-bond donors (Lipinski definition) is 1. The van der Waals surface area contributed by atoms with Gasteiger partial charge >= 0.3 is 6.09 Å². The van der Waals surface area contributed by atoms with Gasteiger partial charge in [-0.05, 0) is 51.3 Å². The highest BCUT2D eigenvalue weighted by Crippen LogP contribution is 2.09. The SMILES string of the molecule is CON(C)C(=O)c1ccc(CCCNC(=O)OC(C)(C)C)cc1. The van der Waals surface area contributed by atoms with Gasteiger partial charge in [0, 0.05) is 19.2 Å². The number of carbonyl (C=O) groups excluding carboxylic acids is 2. The molecule has 6 heteroatoms. The fraction of sp³-hybridized carbons (Fsp3) is 0.529. The fourth-order valence-corrected chi connectivity index (χ4v) is 1.88. The summed E-state index contributed by atoms with van der Waals surface area (Å²) in [5.41, 5.74) is 1.19. The van der Waals surface area contributed by atoms with Gasteiger partial charge in [-0.1, -0.05) is 12.1 Å². The second-order valence-corrected chi connectivity index (χ2v) is 6.21. The number of ether oxygens (including phenoxy) is 1. The van der Waals surface area contributed by atoms with Gasteiger partial charge in [0.15, 0.2) is 0 Å². The molecule has 0 aliphatic carbocycles. The van der Waals surface area contributed by atoms with Gasteiger partial charge in [0.1, 0.15) is 5.60 Å². The van der Waals surface area contributed by atoms with Gasteiger partial charge in [-0.25, -0.2) is 9.86 Å². The standard InChI is InChI=1S/C17H26N2O4/c1-17(2,3)23-16(21)18-12-6-7-13-8-10-14(11-9-13)15(20)19(4)22-5/h8-11H,6-7,12H2,1-5H3,(H,18,21). The van der Waals surface area contributed by atoms with Crippen LogP contribution in [-0.4, -0.2) is 43.4 Å². The van der Waals surface area contributed by atoms with E-state index in [4.69, 9.17) is 9.57 Å². The van der Waals surface area contributed by atoms with E-state index in [-0.39, 0.29) is 5.91 Å². The van der Waals surface area contributed by atoms with E-state index < -0.39 is 11.7 Å². The van der Waals surface area contributed by atoms with Crippen LogP contribution in [0.3, 0.4) is 0 Å². The van der Waals surface area contributed by atoms with Crippen molar-refractivity contribution >= 4 is 12.0 Å². The van der Waals surface area contributed by atoms with Crippen molar-refractivity contribution in [1.29, 1.82) is 0 Å². The zero-order chi connectivity index (χ0) is 17.5. The van der Waals surface area contributed by atoms with E-state index in [0.717, 1.165) is 18.4 Å². The van der Waals surface area contributed by atoms with E-state index in [1.165, 1.54) is 12.2 Å². The van der Waals surface area contributed by atoms with E-state index in [2.05, 4.69) is 5.32 Å². The summed E-state index contributed by atoms with van der Waals surface area (Å²) in [6, 6.07) is 7.36. The third-order valence-corrected chi connectivity index (χ3v) is 3.07. The van der Waals surface area contributed by atoms with E-state index >= 15 is 0 Å². The molecule has 6 nitrogen and oxygen atoms in total. The van der Waals surface area contributed by atoms with Crippen LogP contribution in [0.25, 0.3) is 0 Å². The van der Waals surface area contributed by atoms with Crippen molar-refractivity contribution in [3.05, 3.63) is 35.4 Å². The molecule has 0 aliphatic heterocycles. The minimum absolute atomic E-state index is 0.189.